The van der Waals surface area contributed by atoms with Gasteiger partial charge in [0.1, 0.15) is 18.2 Å². The average Bonchev–Trinajstić information content (AvgIpc) is 2.72. The summed E-state index contributed by atoms with van der Waals surface area (Å²) in [5, 5.41) is 13.8. The van der Waals surface area contributed by atoms with Crippen LogP contribution in [0.4, 0.5) is 14.9 Å². The first-order valence-corrected chi connectivity index (χ1v) is 9.04. The second kappa shape index (κ2) is 9.70. The normalized spacial score (nSPS) is 10.3. The molecule has 0 saturated carbocycles. The number of anilines is 1. The van der Waals surface area contributed by atoms with Gasteiger partial charge in [0.05, 0.1) is 25.0 Å². The van der Waals surface area contributed by atoms with E-state index < -0.39 is 6.03 Å². The maximum atomic E-state index is 13.0. The predicted octanol–water partition coefficient (Wildman–Crippen LogP) is 4.15. The highest BCUT2D eigenvalue weighted by Crippen LogP contribution is 2.27. The van der Waals surface area contributed by atoms with Crippen molar-refractivity contribution < 1.29 is 18.7 Å². The SMILES string of the molecule is COc1ccc(Cl)cc1NC(=O)NCCOc1ccc(-c2ccc(F)cc2)nn1. The Labute approximate surface area is 171 Å². The van der Waals surface area contributed by atoms with Crippen molar-refractivity contribution in [2.45, 2.75) is 0 Å². The number of aromatic nitrogens is 2. The molecule has 0 radical (unpaired) electrons. The number of rotatable bonds is 7. The molecule has 3 rings (SSSR count). The summed E-state index contributed by atoms with van der Waals surface area (Å²) in [5.41, 5.74) is 1.81. The Morgan fingerprint density at radius 1 is 1.10 bits per heavy atom. The Bertz CT molecular complexity index is 968. The number of hydrogen-bond donors (Lipinski definition) is 2. The molecule has 3 aromatic rings. The van der Waals surface area contributed by atoms with E-state index in [0.29, 0.717) is 28.0 Å². The van der Waals surface area contributed by atoms with E-state index in [-0.39, 0.29) is 19.0 Å². The summed E-state index contributed by atoms with van der Waals surface area (Å²) >= 11 is 5.93. The first kappa shape index (κ1) is 20.3. The van der Waals surface area contributed by atoms with E-state index in [1.165, 1.54) is 19.2 Å². The minimum atomic E-state index is -0.424. The fourth-order valence-corrected chi connectivity index (χ4v) is 2.61. The molecule has 7 nitrogen and oxygen atoms in total. The van der Waals surface area contributed by atoms with Gasteiger partial charge < -0.3 is 20.1 Å². The number of halogens is 2. The van der Waals surface area contributed by atoms with Gasteiger partial charge in [0.15, 0.2) is 0 Å². The lowest BCUT2D eigenvalue weighted by Crippen LogP contribution is -2.32. The fourth-order valence-electron chi connectivity index (χ4n) is 2.44. The third-order valence-electron chi connectivity index (χ3n) is 3.83. The molecule has 1 heterocycles. The minimum Gasteiger partial charge on any atom is -0.495 e. The molecule has 0 aliphatic rings. The number of amides is 2. The molecule has 2 N–H and O–H groups in total. The van der Waals surface area contributed by atoms with Crippen LogP contribution in [0.1, 0.15) is 0 Å². The maximum Gasteiger partial charge on any atom is 0.319 e. The van der Waals surface area contributed by atoms with Crippen LogP contribution in [0.2, 0.25) is 5.02 Å². The van der Waals surface area contributed by atoms with Crippen LogP contribution in [0.3, 0.4) is 0 Å². The van der Waals surface area contributed by atoms with Gasteiger partial charge >= 0.3 is 6.03 Å². The van der Waals surface area contributed by atoms with Gasteiger partial charge in [-0.1, -0.05) is 11.6 Å². The third kappa shape index (κ3) is 5.79. The van der Waals surface area contributed by atoms with E-state index in [0.717, 1.165) is 5.56 Å². The van der Waals surface area contributed by atoms with Gasteiger partial charge in [-0.25, -0.2) is 9.18 Å². The molecule has 0 atom stereocenters. The second-order valence-corrected chi connectivity index (χ2v) is 6.27. The van der Waals surface area contributed by atoms with Crippen LogP contribution in [0, 0.1) is 5.82 Å². The van der Waals surface area contributed by atoms with Crippen LogP contribution in [0.5, 0.6) is 11.6 Å². The van der Waals surface area contributed by atoms with Crippen LogP contribution in [-0.2, 0) is 0 Å². The van der Waals surface area contributed by atoms with Gasteiger partial charge in [-0.15, -0.1) is 10.2 Å². The molecule has 0 aliphatic carbocycles. The van der Waals surface area contributed by atoms with Gasteiger partial charge in [0.2, 0.25) is 5.88 Å². The lowest BCUT2D eigenvalue weighted by Gasteiger charge is -2.11. The molecular weight excluding hydrogens is 399 g/mol. The number of hydrogen-bond acceptors (Lipinski definition) is 5. The van der Waals surface area contributed by atoms with Crippen molar-refractivity contribution in [3.63, 3.8) is 0 Å². The average molecular weight is 417 g/mol. The second-order valence-electron chi connectivity index (χ2n) is 5.84. The fraction of sp³-hybridized carbons (Fsp3) is 0.150. The smallest absolute Gasteiger partial charge is 0.319 e. The minimum absolute atomic E-state index is 0.199. The molecular formula is C20H18ClFN4O3. The van der Waals surface area contributed by atoms with Gasteiger partial charge in [-0.2, -0.15) is 0 Å². The summed E-state index contributed by atoms with van der Waals surface area (Å²) in [6, 6.07) is 13.8. The third-order valence-corrected chi connectivity index (χ3v) is 4.06. The molecule has 9 heteroatoms. The Morgan fingerprint density at radius 2 is 1.90 bits per heavy atom. The Morgan fingerprint density at radius 3 is 2.59 bits per heavy atom. The Hall–Kier alpha value is -3.39. The van der Waals surface area contributed by atoms with Crippen molar-refractivity contribution in [2.75, 3.05) is 25.6 Å². The molecule has 0 fully saturated rings. The van der Waals surface area contributed by atoms with Crippen LogP contribution >= 0.6 is 11.6 Å². The van der Waals surface area contributed by atoms with Crippen LogP contribution in [-0.4, -0.2) is 36.5 Å². The zero-order chi connectivity index (χ0) is 20.6. The van der Waals surface area contributed by atoms with E-state index in [1.54, 1.807) is 42.5 Å². The number of methoxy groups -OCH3 is 1. The van der Waals surface area contributed by atoms with Gasteiger partial charge in [0, 0.05) is 16.7 Å². The Kier molecular flexibility index (Phi) is 6.80. The van der Waals surface area contributed by atoms with Crippen molar-refractivity contribution in [1.29, 1.82) is 0 Å². The number of carbonyl (C=O) groups excluding carboxylic acids is 1. The molecule has 2 amide bonds. The van der Waals surface area contributed by atoms with Crippen molar-refractivity contribution in [2.24, 2.45) is 0 Å². The standard InChI is InChI=1S/C20H18ClFN4O3/c1-28-18-8-4-14(21)12-17(18)24-20(27)23-10-11-29-19-9-7-16(25-26-19)13-2-5-15(22)6-3-13/h2-9,12H,10-11H2,1H3,(H2,23,24,27). The summed E-state index contributed by atoms with van der Waals surface area (Å²) < 4.78 is 23.6. The largest absolute Gasteiger partial charge is 0.495 e. The van der Waals surface area contributed by atoms with Crippen LogP contribution in [0.15, 0.2) is 54.6 Å². The van der Waals surface area contributed by atoms with Crippen molar-refractivity contribution in [3.05, 3.63) is 65.4 Å². The number of nitrogens with one attached hydrogen (secondary N) is 2. The Balaban J connectivity index is 1.45. The van der Waals surface area contributed by atoms with Crippen molar-refractivity contribution in [3.8, 4) is 22.9 Å². The highest BCUT2D eigenvalue weighted by atomic mass is 35.5. The number of ether oxygens (including phenoxy) is 2. The zero-order valence-electron chi connectivity index (χ0n) is 15.5. The van der Waals surface area contributed by atoms with Crippen LogP contribution < -0.4 is 20.1 Å². The highest BCUT2D eigenvalue weighted by Gasteiger charge is 2.08. The monoisotopic (exact) mass is 416 g/mol. The first-order chi connectivity index (χ1) is 14.0. The topological polar surface area (TPSA) is 85.4 Å². The summed E-state index contributed by atoms with van der Waals surface area (Å²) in [6.07, 6.45) is 0. The molecule has 29 heavy (non-hydrogen) atoms. The van der Waals surface area contributed by atoms with E-state index >= 15 is 0 Å². The van der Waals surface area contributed by atoms with Gasteiger partial charge in [-0.05, 0) is 48.5 Å². The molecule has 150 valence electrons. The quantitative estimate of drug-likeness (QED) is 0.565. The van der Waals surface area contributed by atoms with Crippen molar-refractivity contribution in [1.82, 2.24) is 15.5 Å². The van der Waals surface area contributed by atoms with E-state index in [2.05, 4.69) is 20.8 Å². The molecule has 0 spiro atoms. The van der Waals surface area contributed by atoms with E-state index in [1.807, 2.05) is 0 Å². The molecule has 0 unspecified atom stereocenters. The highest BCUT2D eigenvalue weighted by molar-refractivity contribution is 6.31. The number of nitrogens with zero attached hydrogens (tertiary/aromatic N) is 2. The van der Waals surface area contributed by atoms with Crippen LogP contribution in [0.25, 0.3) is 11.3 Å². The van der Waals surface area contributed by atoms with E-state index in [4.69, 9.17) is 21.1 Å². The van der Waals surface area contributed by atoms with Gasteiger partial charge in [-0.3, -0.25) is 0 Å². The number of urea groups is 1. The molecule has 2 aromatic carbocycles. The molecule has 0 saturated heterocycles. The van der Waals surface area contributed by atoms with Gasteiger partial charge in [0.25, 0.3) is 0 Å². The zero-order valence-corrected chi connectivity index (χ0v) is 16.2. The molecule has 0 aliphatic heterocycles. The molecule has 0 bridgehead atoms. The predicted molar refractivity (Wildman–Crippen MR) is 108 cm³/mol. The summed E-state index contributed by atoms with van der Waals surface area (Å²) in [7, 11) is 1.50. The summed E-state index contributed by atoms with van der Waals surface area (Å²) in [5.74, 6) is 0.499. The number of carbonyl (C=O) groups is 1. The van der Waals surface area contributed by atoms with Crippen molar-refractivity contribution >= 4 is 23.3 Å². The first-order valence-electron chi connectivity index (χ1n) is 8.66. The summed E-state index contributed by atoms with van der Waals surface area (Å²) in [4.78, 5) is 12.0. The lowest BCUT2D eigenvalue weighted by molar-refractivity contribution is 0.246. The lowest BCUT2D eigenvalue weighted by atomic mass is 10.1. The number of benzene rings is 2. The molecule has 1 aromatic heterocycles. The summed E-state index contributed by atoms with van der Waals surface area (Å²) in [6.45, 7) is 0.445. The maximum absolute atomic E-state index is 13.0. The van der Waals surface area contributed by atoms with E-state index in [9.17, 15) is 9.18 Å².